The van der Waals surface area contributed by atoms with Gasteiger partial charge in [0.1, 0.15) is 0 Å². The number of piperidine rings is 1. The quantitative estimate of drug-likeness (QED) is 0.782. The first-order valence-electron chi connectivity index (χ1n) is 8.28. The molecule has 1 aromatic rings. The van der Waals surface area contributed by atoms with Gasteiger partial charge in [-0.3, -0.25) is 19.4 Å². The zero-order chi connectivity index (χ0) is 17.9. The Balaban J connectivity index is 0.00000312. The first-order chi connectivity index (χ1) is 11.3. The van der Waals surface area contributed by atoms with Gasteiger partial charge in [0.2, 0.25) is 5.91 Å². The molecule has 2 heterocycles. The van der Waals surface area contributed by atoms with Crippen molar-refractivity contribution < 1.29 is 14.7 Å². The van der Waals surface area contributed by atoms with E-state index in [1.807, 2.05) is 18.9 Å². The number of rotatable bonds is 6. The lowest BCUT2D eigenvalue weighted by atomic mass is 10.0. The number of likely N-dealkylation sites (N-methyl/N-ethyl adjacent to an activating group) is 1. The Morgan fingerprint density at radius 3 is 2.32 bits per heavy atom. The number of carbonyl (C=O) groups excluding carboxylic acids is 1. The Hall–Kier alpha value is -1.15. The molecule has 1 aliphatic rings. The Morgan fingerprint density at radius 1 is 1.24 bits per heavy atom. The molecule has 0 saturated carbocycles. The number of carbonyl (C=O) groups is 2. The van der Waals surface area contributed by atoms with E-state index in [0.717, 1.165) is 36.5 Å². The Bertz CT molecular complexity index is 613. The number of nitrogens with zero attached hydrogens (tertiary/aromatic N) is 2. The van der Waals surface area contributed by atoms with Crippen LogP contribution in [0.4, 0.5) is 5.00 Å². The van der Waals surface area contributed by atoms with Crippen LogP contribution in [0.15, 0.2) is 0 Å². The summed E-state index contributed by atoms with van der Waals surface area (Å²) in [6, 6.07) is 0.283. The molecule has 0 unspecified atom stereocenters. The van der Waals surface area contributed by atoms with Crippen LogP contribution in [0.3, 0.4) is 0 Å². The number of hydrogen-bond donors (Lipinski definition) is 2. The Morgan fingerprint density at radius 2 is 1.84 bits per heavy atom. The number of thiophene rings is 1. The molecule has 8 heteroatoms. The van der Waals surface area contributed by atoms with Crippen molar-refractivity contribution in [3.8, 4) is 0 Å². The van der Waals surface area contributed by atoms with Crippen LogP contribution in [0.2, 0.25) is 0 Å². The van der Waals surface area contributed by atoms with E-state index < -0.39 is 5.97 Å². The van der Waals surface area contributed by atoms with Gasteiger partial charge in [0.05, 0.1) is 18.1 Å². The van der Waals surface area contributed by atoms with E-state index in [1.54, 1.807) is 11.3 Å². The third-order valence-corrected chi connectivity index (χ3v) is 6.10. The molecule has 0 atom stereocenters. The van der Waals surface area contributed by atoms with E-state index in [4.69, 9.17) is 5.11 Å². The number of carboxylic acid groups (broad SMARTS) is 1. The molecule has 0 aliphatic carbocycles. The van der Waals surface area contributed by atoms with E-state index in [9.17, 15) is 9.59 Å². The van der Waals surface area contributed by atoms with Gasteiger partial charge in [-0.05, 0) is 51.8 Å². The second-order valence-electron chi connectivity index (χ2n) is 6.60. The van der Waals surface area contributed by atoms with Crippen LogP contribution in [0.25, 0.3) is 0 Å². The summed E-state index contributed by atoms with van der Waals surface area (Å²) in [5, 5.41) is 12.8. The van der Waals surface area contributed by atoms with Crippen LogP contribution in [0.1, 0.15) is 28.8 Å². The summed E-state index contributed by atoms with van der Waals surface area (Å²) < 4.78 is 0. The number of aryl methyl sites for hydroxylation is 1. The van der Waals surface area contributed by atoms with Crippen molar-refractivity contribution in [2.45, 2.75) is 39.7 Å². The van der Waals surface area contributed by atoms with E-state index in [1.165, 1.54) is 10.4 Å². The molecule has 1 fully saturated rings. The van der Waals surface area contributed by atoms with Crippen LogP contribution in [-0.4, -0.2) is 66.1 Å². The van der Waals surface area contributed by atoms with Gasteiger partial charge in [0.15, 0.2) is 0 Å². The fraction of sp³-hybridized carbons (Fsp3) is 0.647. The minimum Gasteiger partial charge on any atom is -0.480 e. The maximum absolute atomic E-state index is 12.3. The lowest BCUT2D eigenvalue weighted by Gasteiger charge is -2.35. The zero-order valence-electron chi connectivity index (χ0n) is 15.3. The monoisotopic (exact) mass is 389 g/mol. The summed E-state index contributed by atoms with van der Waals surface area (Å²) in [5.41, 5.74) is 2.40. The van der Waals surface area contributed by atoms with Crippen molar-refractivity contribution in [2.24, 2.45) is 0 Å². The molecule has 25 heavy (non-hydrogen) atoms. The highest BCUT2D eigenvalue weighted by Gasteiger charge is 2.24. The maximum atomic E-state index is 12.3. The zero-order valence-corrected chi connectivity index (χ0v) is 16.9. The lowest BCUT2D eigenvalue weighted by molar-refractivity contribution is -0.138. The third kappa shape index (κ3) is 5.95. The number of nitrogens with one attached hydrogen (secondary N) is 1. The van der Waals surface area contributed by atoms with Crippen molar-refractivity contribution in [1.29, 1.82) is 0 Å². The van der Waals surface area contributed by atoms with Crippen molar-refractivity contribution in [2.75, 3.05) is 38.5 Å². The summed E-state index contributed by atoms with van der Waals surface area (Å²) in [5.74, 6) is -0.770. The standard InChI is InChI=1S/C17H27N3O3S.ClH/c1-11-12(2)17(24-13(11)3)18-15(21)9-20-7-5-14(6-8-20)19(4)10-16(22)23;/h14H,5-10H2,1-4H3,(H,18,21)(H,22,23);1H. The molecule has 6 nitrogen and oxygen atoms in total. The molecule has 1 amide bonds. The average Bonchev–Trinajstić information content (AvgIpc) is 2.74. The number of anilines is 1. The summed E-state index contributed by atoms with van der Waals surface area (Å²) >= 11 is 1.63. The predicted molar refractivity (Wildman–Crippen MR) is 104 cm³/mol. The Labute approximate surface area is 159 Å². The number of likely N-dealkylation sites (tertiary alicyclic amines) is 1. The molecule has 0 radical (unpaired) electrons. The van der Waals surface area contributed by atoms with Gasteiger partial charge >= 0.3 is 5.97 Å². The topological polar surface area (TPSA) is 72.9 Å². The van der Waals surface area contributed by atoms with E-state index in [-0.39, 0.29) is 30.9 Å². The van der Waals surface area contributed by atoms with Crippen molar-refractivity contribution in [3.63, 3.8) is 0 Å². The summed E-state index contributed by atoms with van der Waals surface area (Å²) in [4.78, 5) is 28.3. The number of amides is 1. The Kier molecular flexibility index (Phi) is 8.34. The second kappa shape index (κ2) is 9.52. The molecule has 2 rings (SSSR count). The fourth-order valence-electron chi connectivity index (χ4n) is 3.09. The van der Waals surface area contributed by atoms with E-state index >= 15 is 0 Å². The van der Waals surface area contributed by atoms with Crippen LogP contribution in [0, 0.1) is 20.8 Å². The molecule has 2 N–H and O–H groups in total. The van der Waals surface area contributed by atoms with Crippen molar-refractivity contribution in [1.82, 2.24) is 9.80 Å². The van der Waals surface area contributed by atoms with Gasteiger partial charge in [-0.1, -0.05) is 0 Å². The van der Waals surface area contributed by atoms with Crippen LogP contribution < -0.4 is 5.32 Å². The maximum Gasteiger partial charge on any atom is 0.317 e. The van der Waals surface area contributed by atoms with E-state index in [2.05, 4.69) is 24.1 Å². The van der Waals surface area contributed by atoms with Gasteiger partial charge in [-0.25, -0.2) is 0 Å². The van der Waals surface area contributed by atoms with Crippen LogP contribution in [-0.2, 0) is 9.59 Å². The molecule has 142 valence electrons. The predicted octanol–water partition coefficient (Wildman–Crippen LogP) is 2.51. The summed E-state index contributed by atoms with van der Waals surface area (Å²) in [6.45, 7) is 8.30. The van der Waals surface area contributed by atoms with Crippen LogP contribution >= 0.6 is 23.7 Å². The molecular formula is C17H28ClN3O3S. The fourth-order valence-corrected chi connectivity index (χ4v) is 4.17. The van der Waals surface area contributed by atoms with Gasteiger partial charge in [0.25, 0.3) is 0 Å². The molecule has 1 aliphatic heterocycles. The number of halogens is 1. The van der Waals surface area contributed by atoms with Crippen LogP contribution in [0.5, 0.6) is 0 Å². The van der Waals surface area contributed by atoms with E-state index in [0.29, 0.717) is 6.54 Å². The van der Waals surface area contributed by atoms with Gasteiger partial charge < -0.3 is 10.4 Å². The average molecular weight is 390 g/mol. The highest BCUT2D eigenvalue weighted by Crippen LogP contribution is 2.31. The molecule has 0 bridgehead atoms. The highest BCUT2D eigenvalue weighted by atomic mass is 35.5. The normalized spacial score (nSPS) is 15.9. The molecular weight excluding hydrogens is 362 g/mol. The number of carboxylic acids is 1. The van der Waals surface area contributed by atoms with Crippen molar-refractivity contribution >= 4 is 40.6 Å². The minimum absolute atomic E-state index is 0. The molecule has 0 spiro atoms. The lowest BCUT2D eigenvalue weighted by Crippen LogP contribution is -2.46. The molecule has 1 saturated heterocycles. The minimum atomic E-state index is -0.795. The highest BCUT2D eigenvalue weighted by molar-refractivity contribution is 7.16. The van der Waals surface area contributed by atoms with Gasteiger partial charge in [0, 0.05) is 24.0 Å². The van der Waals surface area contributed by atoms with Gasteiger partial charge in [-0.15, -0.1) is 23.7 Å². The van der Waals surface area contributed by atoms with Gasteiger partial charge in [-0.2, -0.15) is 0 Å². The summed E-state index contributed by atoms with van der Waals surface area (Å²) in [6.07, 6.45) is 1.79. The largest absolute Gasteiger partial charge is 0.480 e. The molecule has 0 aromatic carbocycles. The summed E-state index contributed by atoms with van der Waals surface area (Å²) in [7, 11) is 1.85. The smallest absolute Gasteiger partial charge is 0.317 e. The first kappa shape index (κ1) is 21.9. The third-order valence-electron chi connectivity index (χ3n) is 4.87. The first-order valence-corrected chi connectivity index (χ1v) is 9.10. The SMILES string of the molecule is Cc1sc(NC(=O)CN2CCC(N(C)CC(=O)O)CC2)c(C)c1C.Cl. The second-order valence-corrected chi connectivity index (χ2v) is 7.83. The number of hydrogen-bond acceptors (Lipinski definition) is 5. The number of aliphatic carboxylic acids is 1. The molecule has 1 aromatic heterocycles. The van der Waals surface area contributed by atoms with Crippen molar-refractivity contribution in [3.05, 3.63) is 16.0 Å².